The van der Waals surface area contributed by atoms with Gasteiger partial charge in [-0.3, -0.25) is 19.9 Å². The number of carbonyl (C=O) groups is 1. The maximum Gasteiger partial charge on any atom is 0.270 e. The minimum Gasteiger partial charge on any atom is -0.489 e. The molecular formula is C22H21N3O4. The molecule has 0 spiro atoms. The van der Waals surface area contributed by atoms with Crippen LogP contribution in [0.15, 0.2) is 67.0 Å². The van der Waals surface area contributed by atoms with E-state index in [9.17, 15) is 14.9 Å². The third-order valence-corrected chi connectivity index (χ3v) is 4.53. The number of nitro groups is 1. The second-order valence-corrected chi connectivity index (χ2v) is 6.67. The highest BCUT2D eigenvalue weighted by Gasteiger charge is 2.17. The number of nitrogens with zero attached hydrogens (tertiary/aromatic N) is 2. The Morgan fingerprint density at radius 1 is 1.21 bits per heavy atom. The van der Waals surface area contributed by atoms with Crippen molar-refractivity contribution in [3.8, 4) is 5.75 Å². The van der Waals surface area contributed by atoms with E-state index >= 15 is 0 Å². The van der Waals surface area contributed by atoms with Gasteiger partial charge < -0.3 is 10.1 Å². The second kappa shape index (κ2) is 8.97. The fourth-order valence-electron chi connectivity index (χ4n) is 2.83. The van der Waals surface area contributed by atoms with Crippen molar-refractivity contribution in [2.24, 2.45) is 0 Å². The minimum atomic E-state index is -0.510. The van der Waals surface area contributed by atoms with E-state index in [2.05, 4.69) is 10.3 Å². The summed E-state index contributed by atoms with van der Waals surface area (Å²) < 4.78 is 5.74. The molecule has 29 heavy (non-hydrogen) atoms. The molecule has 3 rings (SSSR count). The van der Waals surface area contributed by atoms with Crippen LogP contribution in [0.5, 0.6) is 5.75 Å². The molecule has 0 bridgehead atoms. The number of nitrogens with one attached hydrogen (secondary N) is 1. The molecule has 0 aliphatic carbocycles. The Bertz CT molecular complexity index is 1000. The summed E-state index contributed by atoms with van der Waals surface area (Å²) in [7, 11) is 0. The van der Waals surface area contributed by atoms with Gasteiger partial charge in [0.15, 0.2) is 0 Å². The van der Waals surface area contributed by atoms with E-state index in [4.69, 9.17) is 4.74 Å². The first-order chi connectivity index (χ1) is 13.9. The summed E-state index contributed by atoms with van der Waals surface area (Å²) in [4.78, 5) is 27.1. The number of aryl methyl sites for hydroxylation is 1. The standard InChI is InChI=1S/C22H21N3O4/c1-15-5-8-19(25(27)28)12-21(15)22(26)24-16(2)18-6-9-20(10-7-18)29-14-17-4-3-11-23-13-17/h3-13,16H,14H2,1-2H3,(H,24,26). The van der Waals surface area contributed by atoms with Gasteiger partial charge in [0.2, 0.25) is 0 Å². The molecule has 1 amide bonds. The molecule has 1 aromatic heterocycles. The topological polar surface area (TPSA) is 94.4 Å². The van der Waals surface area contributed by atoms with Gasteiger partial charge in [-0.25, -0.2) is 0 Å². The van der Waals surface area contributed by atoms with E-state index in [1.54, 1.807) is 25.4 Å². The highest BCUT2D eigenvalue weighted by atomic mass is 16.6. The van der Waals surface area contributed by atoms with Crippen LogP contribution in [0.4, 0.5) is 5.69 Å². The number of nitro benzene ring substituents is 1. The summed E-state index contributed by atoms with van der Waals surface area (Å²) in [5.41, 5.74) is 2.74. The average Bonchev–Trinajstić information content (AvgIpc) is 2.73. The zero-order chi connectivity index (χ0) is 20.8. The molecule has 0 radical (unpaired) electrons. The van der Waals surface area contributed by atoms with Crippen LogP contribution in [-0.4, -0.2) is 15.8 Å². The summed E-state index contributed by atoms with van der Waals surface area (Å²) in [6.45, 7) is 4.03. The number of rotatable bonds is 7. The molecule has 0 aliphatic heterocycles. The first-order valence-corrected chi connectivity index (χ1v) is 9.11. The van der Waals surface area contributed by atoms with E-state index in [0.29, 0.717) is 23.5 Å². The van der Waals surface area contributed by atoms with Crippen LogP contribution in [0.25, 0.3) is 0 Å². The van der Waals surface area contributed by atoms with Crippen LogP contribution in [-0.2, 0) is 6.61 Å². The highest BCUT2D eigenvalue weighted by Crippen LogP contribution is 2.21. The zero-order valence-electron chi connectivity index (χ0n) is 16.2. The molecule has 7 nitrogen and oxygen atoms in total. The molecule has 0 saturated carbocycles. The van der Waals surface area contributed by atoms with Crippen molar-refractivity contribution in [1.29, 1.82) is 0 Å². The van der Waals surface area contributed by atoms with Gasteiger partial charge in [-0.15, -0.1) is 0 Å². The summed E-state index contributed by atoms with van der Waals surface area (Å²) >= 11 is 0. The maximum absolute atomic E-state index is 12.6. The SMILES string of the molecule is Cc1ccc([N+](=O)[O-])cc1C(=O)NC(C)c1ccc(OCc2cccnc2)cc1. The van der Waals surface area contributed by atoms with Crippen molar-refractivity contribution in [2.45, 2.75) is 26.5 Å². The molecule has 1 N–H and O–H groups in total. The lowest BCUT2D eigenvalue weighted by molar-refractivity contribution is -0.384. The van der Waals surface area contributed by atoms with Crippen LogP contribution < -0.4 is 10.1 Å². The fraction of sp³-hybridized carbons (Fsp3) is 0.182. The van der Waals surface area contributed by atoms with Crippen molar-refractivity contribution >= 4 is 11.6 Å². The lowest BCUT2D eigenvalue weighted by atomic mass is 10.0. The van der Waals surface area contributed by atoms with Crippen molar-refractivity contribution in [2.75, 3.05) is 0 Å². The molecule has 148 valence electrons. The van der Waals surface area contributed by atoms with Gasteiger partial charge in [0.1, 0.15) is 12.4 Å². The largest absolute Gasteiger partial charge is 0.489 e. The number of hydrogen-bond donors (Lipinski definition) is 1. The average molecular weight is 391 g/mol. The van der Waals surface area contributed by atoms with Crippen molar-refractivity contribution in [3.63, 3.8) is 0 Å². The number of ether oxygens (including phenoxy) is 1. The lowest BCUT2D eigenvalue weighted by Gasteiger charge is -2.16. The summed E-state index contributed by atoms with van der Waals surface area (Å²) in [6.07, 6.45) is 3.46. The maximum atomic E-state index is 12.6. The summed E-state index contributed by atoms with van der Waals surface area (Å²) in [5, 5.41) is 13.9. The third kappa shape index (κ3) is 5.16. The summed E-state index contributed by atoms with van der Waals surface area (Å²) in [6, 6.07) is 15.2. The zero-order valence-corrected chi connectivity index (χ0v) is 16.2. The normalized spacial score (nSPS) is 11.5. The number of non-ortho nitro benzene ring substituents is 1. The molecule has 1 heterocycles. The molecular weight excluding hydrogens is 370 g/mol. The van der Waals surface area contributed by atoms with Gasteiger partial charge >= 0.3 is 0 Å². The Morgan fingerprint density at radius 3 is 2.62 bits per heavy atom. The van der Waals surface area contributed by atoms with Gasteiger partial charge in [0.05, 0.1) is 11.0 Å². The quantitative estimate of drug-likeness (QED) is 0.477. The van der Waals surface area contributed by atoms with E-state index in [1.165, 1.54) is 12.1 Å². The molecule has 0 fully saturated rings. The Balaban J connectivity index is 1.63. The fourth-order valence-corrected chi connectivity index (χ4v) is 2.83. The van der Waals surface area contributed by atoms with Gasteiger partial charge in [-0.2, -0.15) is 0 Å². The van der Waals surface area contributed by atoms with Crippen molar-refractivity contribution < 1.29 is 14.5 Å². The Morgan fingerprint density at radius 2 is 1.97 bits per heavy atom. The van der Waals surface area contributed by atoms with Crippen LogP contribution in [0.2, 0.25) is 0 Å². The van der Waals surface area contributed by atoms with E-state index in [1.807, 2.05) is 43.3 Å². The molecule has 3 aromatic rings. The number of benzene rings is 2. The molecule has 2 aromatic carbocycles. The minimum absolute atomic E-state index is 0.108. The molecule has 0 saturated heterocycles. The number of hydrogen-bond acceptors (Lipinski definition) is 5. The van der Waals surface area contributed by atoms with E-state index < -0.39 is 4.92 Å². The first-order valence-electron chi connectivity index (χ1n) is 9.11. The van der Waals surface area contributed by atoms with E-state index in [0.717, 1.165) is 11.1 Å². The highest BCUT2D eigenvalue weighted by molar-refractivity contribution is 5.96. The predicted molar refractivity (Wildman–Crippen MR) is 109 cm³/mol. The van der Waals surface area contributed by atoms with Gasteiger partial charge in [-0.1, -0.05) is 24.3 Å². The predicted octanol–water partition coefficient (Wildman–Crippen LogP) is 4.37. The summed E-state index contributed by atoms with van der Waals surface area (Å²) in [5.74, 6) is 0.362. The van der Waals surface area contributed by atoms with Crippen LogP contribution in [0.1, 0.15) is 40.0 Å². The molecule has 1 atom stereocenters. The monoisotopic (exact) mass is 391 g/mol. The lowest BCUT2D eigenvalue weighted by Crippen LogP contribution is -2.27. The van der Waals surface area contributed by atoms with Crippen LogP contribution in [0.3, 0.4) is 0 Å². The number of pyridine rings is 1. The Kier molecular flexibility index (Phi) is 6.19. The third-order valence-electron chi connectivity index (χ3n) is 4.53. The van der Waals surface area contributed by atoms with Gasteiger partial charge in [0.25, 0.3) is 11.6 Å². The molecule has 0 aliphatic rings. The first kappa shape index (κ1) is 20.0. The van der Waals surface area contributed by atoms with Crippen molar-refractivity contribution in [3.05, 3.63) is 99.4 Å². The van der Waals surface area contributed by atoms with E-state index in [-0.39, 0.29) is 17.6 Å². The van der Waals surface area contributed by atoms with Crippen LogP contribution >= 0.6 is 0 Å². The van der Waals surface area contributed by atoms with Gasteiger partial charge in [-0.05, 0) is 43.2 Å². The smallest absolute Gasteiger partial charge is 0.270 e. The Labute approximate surface area is 168 Å². The number of carbonyl (C=O) groups excluding carboxylic acids is 1. The number of amides is 1. The molecule has 7 heteroatoms. The Hall–Kier alpha value is -3.74. The van der Waals surface area contributed by atoms with Crippen molar-refractivity contribution in [1.82, 2.24) is 10.3 Å². The molecule has 1 unspecified atom stereocenters. The van der Waals surface area contributed by atoms with Crippen LogP contribution in [0, 0.1) is 17.0 Å². The van der Waals surface area contributed by atoms with Gasteiger partial charge in [0, 0.05) is 35.7 Å². The number of aromatic nitrogens is 1. The second-order valence-electron chi connectivity index (χ2n) is 6.67.